The predicted octanol–water partition coefficient (Wildman–Crippen LogP) is 4.43. The minimum atomic E-state index is -1.56. The van der Waals surface area contributed by atoms with E-state index in [-0.39, 0.29) is 6.61 Å². The summed E-state index contributed by atoms with van der Waals surface area (Å²) in [5, 5.41) is 5.03. The summed E-state index contributed by atoms with van der Waals surface area (Å²) in [6.07, 6.45) is 0.807. The van der Waals surface area contributed by atoms with E-state index in [4.69, 9.17) is 4.74 Å². The highest BCUT2D eigenvalue weighted by Gasteiger charge is 2.43. The molecule has 2 N–H and O–H groups in total. The highest BCUT2D eigenvalue weighted by atomic mass is 16.5. The lowest BCUT2D eigenvalue weighted by Gasteiger charge is -2.25. The number of nitrogens with zero attached hydrogens (tertiary/aromatic N) is 2. The first-order chi connectivity index (χ1) is 18.4. The van der Waals surface area contributed by atoms with E-state index >= 15 is 0 Å². The van der Waals surface area contributed by atoms with Gasteiger partial charge in [0.05, 0.1) is 18.0 Å². The van der Waals surface area contributed by atoms with E-state index in [0.717, 1.165) is 6.42 Å². The number of rotatable bonds is 8. The van der Waals surface area contributed by atoms with Gasteiger partial charge in [-0.25, -0.2) is 4.79 Å². The summed E-state index contributed by atoms with van der Waals surface area (Å²) in [5.41, 5.74) is 2.06. The number of alkyl carbamates (subject to hydrolysis) is 1. The van der Waals surface area contributed by atoms with Crippen molar-refractivity contribution in [2.45, 2.75) is 38.8 Å². The van der Waals surface area contributed by atoms with Gasteiger partial charge in [-0.3, -0.25) is 24.2 Å². The van der Waals surface area contributed by atoms with Crippen LogP contribution in [0, 0.1) is 0 Å². The molecular formula is C29H30N4O5. The normalized spacial score (nSPS) is 14.4. The minimum Gasteiger partial charge on any atom is -0.450 e. The molecule has 0 fully saturated rings. The van der Waals surface area contributed by atoms with Crippen LogP contribution < -0.4 is 20.4 Å². The summed E-state index contributed by atoms with van der Waals surface area (Å²) in [7, 11) is 0. The summed E-state index contributed by atoms with van der Waals surface area (Å²) in [6.45, 7) is 3.65. The molecule has 1 aliphatic heterocycles. The average Bonchev–Trinajstić information content (AvgIpc) is 3.02. The molecule has 0 radical (unpaired) electrons. The van der Waals surface area contributed by atoms with Crippen LogP contribution in [0.5, 0.6) is 0 Å². The molecule has 9 nitrogen and oxygen atoms in total. The number of hydrogen-bond donors (Lipinski definition) is 2. The predicted molar refractivity (Wildman–Crippen MR) is 144 cm³/mol. The fourth-order valence-electron chi connectivity index (χ4n) is 4.11. The van der Waals surface area contributed by atoms with Crippen molar-refractivity contribution in [2.75, 3.05) is 16.4 Å². The van der Waals surface area contributed by atoms with Crippen molar-refractivity contribution in [1.29, 1.82) is 0 Å². The van der Waals surface area contributed by atoms with Gasteiger partial charge >= 0.3 is 6.09 Å². The Bertz CT molecular complexity index is 1220. The quantitative estimate of drug-likeness (QED) is 0.342. The van der Waals surface area contributed by atoms with Crippen LogP contribution in [0.15, 0.2) is 84.9 Å². The number of nitrogens with one attached hydrogen (secondary N) is 2. The van der Waals surface area contributed by atoms with Gasteiger partial charge in [-0.1, -0.05) is 61.9 Å². The Morgan fingerprint density at radius 2 is 1.29 bits per heavy atom. The molecular weight excluding hydrogens is 484 g/mol. The Hall–Kier alpha value is -4.66. The molecule has 0 aromatic heterocycles. The van der Waals surface area contributed by atoms with Gasteiger partial charge in [0.2, 0.25) is 5.91 Å². The Morgan fingerprint density at radius 3 is 1.76 bits per heavy atom. The zero-order valence-electron chi connectivity index (χ0n) is 21.3. The van der Waals surface area contributed by atoms with Crippen molar-refractivity contribution in [2.24, 2.45) is 0 Å². The van der Waals surface area contributed by atoms with Crippen LogP contribution in [-0.2, 0) is 19.1 Å². The third kappa shape index (κ3) is 5.67. The van der Waals surface area contributed by atoms with Crippen LogP contribution in [0.2, 0.25) is 0 Å². The Balaban J connectivity index is 1.71. The third-order valence-electron chi connectivity index (χ3n) is 6.07. The van der Waals surface area contributed by atoms with Gasteiger partial charge in [-0.05, 0) is 49.7 Å². The third-order valence-corrected chi connectivity index (χ3v) is 6.07. The second-order valence-electron chi connectivity index (χ2n) is 8.80. The molecule has 196 valence electrons. The second kappa shape index (κ2) is 12.1. The van der Waals surface area contributed by atoms with Crippen LogP contribution in [0.3, 0.4) is 0 Å². The van der Waals surface area contributed by atoms with Gasteiger partial charge < -0.3 is 15.4 Å². The molecule has 0 saturated carbocycles. The van der Waals surface area contributed by atoms with E-state index in [9.17, 15) is 19.2 Å². The number of anilines is 4. The number of hydrogen-bond acceptors (Lipinski definition) is 5. The van der Waals surface area contributed by atoms with Crippen molar-refractivity contribution in [3.05, 3.63) is 84.9 Å². The Labute approximate surface area is 221 Å². The molecule has 3 aromatic carbocycles. The number of fused-ring (bicyclic) bond motifs is 1. The van der Waals surface area contributed by atoms with E-state index < -0.39 is 35.9 Å². The summed E-state index contributed by atoms with van der Waals surface area (Å²) in [6, 6.07) is 22.3. The van der Waals surface area contributed by atoms with Crippen LogP contribution in [-0.4, -0.2) is 42.5 Å². The monoisotopic (exact) mass is 514 g/mol. The number of para-hydroxylation sites is 4. The van der Waals surface area contributed by atoms with Crippen molar-refractivity contribution < 1.29 is 23.9 Å². The fraction of sp³-hybridized carbons (Fsp3) is 0.241. The lowest BCUT2D eigenvalue weighted by Crippen LogP contribution is -2.57. The van der Waals surface area contributed by atoms with Crippen LogP contribution in [0.1, 0.15) is 26.7 Å². The van der Waals surface area contributed by atoms with Crippen LogP contribution in [0.25, 0.3) is 0 Å². The first kappa shape index (κ1) is 26.4. The number of ether oxygens (including phenoxy) is 1. The summed E-state index contributed by atoms with van der Waals surface area (Å²) >= 11 is 0. The van der Waals surface area contributed by atoms with Gasteiger partial charge in [0.15, 0.2) is 6.04 Å². The highest BCUT2D eigenvalue weighted by Crippen LogP contribution is 2.41. The number of unbranched alkanes of at least 4 members (excludes halogenated alkanes) is 1. The summed E-state index contributed by atoms with van der Waals surface area (Å²) < 4.78 is 5.07. The zero-order chi connectivity index (χ0) is 27.1. The summed E-state index contributed by atoms with van der Waals surface area (Å²) in [5.74, 6) is -1.95. The molecule has 1 heterocycles. The lowest BCUT2D eigenvalue weighted by molar-refractivity contribution is -0.134. The van der Waals surface area contributed by atoms with Crippen molar-refractivity contribution in [3.63, 3.8) is 0 Å². The Kier molecular flexibility index (Phi) is 8.37. The number of carbonyl (C=O) groups is 4. The number of carbonyl (C=O) groups excluding carboxylic acids is 4. The molecule has 1 aliphatic rings. The Morgan fingerprint density at radius 1 is 0.816 bits per heavy atom. The topological polar surface area (TPSA) is 108 Å². The van der Waals surface area contributed by atoms with Gasteiger partial charge in [0.1, 0.15) is 6.04 Å². The summed E-state index contributed by atoms with van der Waals surface area (Å²) in [4.78, 5) is 56.0. The van der Waals surface area contributed by atoms with Crippen molar-refractivity contribution >= 4 is 46.6 Å². The molecule has 0 unspecified atom stereocenters. The largest absolute Gasteiger partial charge is 0.450 e. The number of amides is 4. The van der Waals surface area contributed by atoms with E-state index in [1.54, 1.807) is 72.8 Å². The lowest BCUT2D eigenvalue weighted by atomic mass is 10.1. The van der Waals surface area contributed by atoms with Gasteiger partial charge in [0.25, 0.3) is 11.8 Å². The molecule has 4 amide bonds. The maximum Gasteiger partial charge on any atom is 0.407 e. The number of benzene rings is 3. The first-order valence-electron chi connectivity index (χ1n) is 12.5. The van der Waals surface area contributed by atoms with Crippen LogP contribution >= 0.6 is 0 Å². The molecule has 0 aliphatic carbocycles. The second-order valence-corrected chi connectivity index (χ2v) is 8.80. The maximum absolute atomic E-state index is 14.0. The van der Waals surface area contributed by atoms with Crippen molar-refractivity contribution in [1.82, 2.24) is 10.6 Å². The molecule has 0 saturated heterocycles. The fourth-order valence-corrected chi connectivity index (χ4v) is 4.11. The molecule has 0 bridgehead atoms. The molecule has 1 atom stereocenters. The van der Waals surface area contributed by atoms with E-state index in [1.807, 2.05) is 19.1 Å². The standard InChI is InChI=1S/C29H30N4O5/c1-3-4-19-38-29(37)30-20(2)26(34)31-25-27(35)32(21-13-7-5-8-14-21)23-17-11-12-18-24(23)33(28(25)36)22-15-9-6-10-16-22/h5-18,20,25H,3-4,19H2,1-2H3,(H,30,37)(H,31,34)/t20-/m0/s1. The van der Waals surface area contributed by atoms with E-state index in [0.29, 0.717) is 29.2 Å². The molecule has 9 heteroatoms. The van der Waals surface area contributed by atoms with Crippen LogP contribution in [0.4, 0.5) is 27.5 Å². The molecule has 0 spiro atoms. The molecule has 3 aromatic rings. The SMILES string of the molecule is CCCCOC(=O)N[C@@H](C)C(=O)NC1C(=O)N(c2ccccc2)c2ccccc2N(c2ccccc2)C1=O. The first-order valence-corrected chi connectivity index (χ1v) is 12.5. The van der Waals surface area contributed by atoms with Crippen molar-refractivity contribution in [3.8, 4) is 0 Å². The van der Waals surface area contributed by atoms with E-state index in [2.05, 4.69) is 10.6 Å². The average molecular weight is 515 g/mol. The minimum absolute atomic E-state index is 0.229. The van der Waals surface area contributed by atoms with Gasteiger partial charge in [0, 0.05) is 11.4 Å². The van der Waals surface area contributed by atoms with Gasteiger partial charge in [-0.2, -0.15) is 0 Å². The smallest absolute Gasteiger partial charge is 0.407 e. The highest BCUT2D eigenvalue weighted by molar-refractivity contribution is 6.25. The zero-order valence-corrected chi connectivity index (χ0v) is 21.3. The maximum atomic E-state index is 14.0. The molecule has 38 heavy (non-hydrogen) atoms. The van der Waals surface area contributed by atoms with E-state index in [1.165, 1.54) is 16.7 Å². The molecule has 4 rings (SSSR count). The van der Waals surface area contributed by atoms with Gasteiger partial charge in [-0.15, -0.1) is 0 Å².